The maximum atomic E-state index is 13.6. The van der Waals surface area contributed by atoms with Gasteiger partial charge in [-0.3, -0.25) is 9.48 Å². The first-order valence-electron chi connectivity index (χ1n) is 10.9. The summed E-state index contributed by atoms with van der Waals surface area (Å²) in [5.41, 5.74) is 1.55. The molecule has 1 aliphatic rings. The summed E-state index contributed by atoms with van der Waals surface area (Å²) < 4.78 is 34.8. The van der Waals surface area contributed by atoms with Crippen molar-refractivity contribution in [2.75, 3.05) is 12.4 Å². The second-order valence-electron chi connectivity index (χ2n) is 8.79. The molecule has 1 N–H and O–H groups in total. The Hall–Kier alpha value is -3.03. The Morgan fingerprint density at radius 1 is 1.25 bits per heavy atom. The number of anilines is 1. The molecule has 0 spiro atoms. The second-order valence-corrected chi connectivity index (χ2v) is 8.79. The number of halogens is 2. The molecular formula is C24H28F2N4O2. The van der Waals surface area contributed by atoms with Crippen LogP contribution < -0.4 is 10.1 Å². The van der Waals surface area contributed by atoms with Crippen molar-refractivity contribution in [1.82, 2.24) is 14.8 Å². The number of hydrogen-bond acceptors (Lipinski definition) is 4. The molecule has 2 heterocycles. The molecule has 1 aromatic carbocycles. The number of aromatic nitrogens is 3. The predicted octanol–water partition coefficient (Wildman–Crippen LogP) is 5.86. The standard InChI is InChI=1S/C24H28F2N4O2/c1-14-8-10-17(11-9-14)30-13-16-12-19(22(32-4)15(2)21(16)29-30)28-23(31)18-6-5-7-20(27-18)24(3,25)26/h5-7,12-14,17H,8-11H2,1-4H3,(H,28,31)/t14-,17-. The Morgan fingerprint density at radius 2 is 1.97 bits per heavy atom. The van der Waals surface area contributed by atoms with E-state index in [2.05, 4.69) is 17.2 Å². The van der Waals surface area contributed by atoms with Crippen LogP contribution in [0.1, 0.15) is 67.3 Å². The predicted molar refractivity (Wildman–Crippen MR) is 119 cm³/mol. The minimum atomic E-state index is -3.13. The van der Waals surface area contributed by atoms with Gasteiger partial charge in [0, 0.05) is 24.1 Å². The smallest absolute Gasteiger partial charge is 0.287 e. The van der Waals surface area contributed by atoms with Crippen LogP contribution in [-0.4, -0.2) is 27.8 Å². The van der Waals surface area contributed by atoms with Gasteiger partial charge in [0.2, 0.25) is 0 Å². The average molecular weight is 443 g/mol. The number of carbonyl (C=O) groups is 1. The minimum absolute atomic E-state index is 0.0872. The maximum absolute atomic E-state index is 13.6. The van der Waals surface area contributed by atoms with Crippen molar-refractivity contribution in [1.29, 1.82) is 0 Å². The normalized spacial score (nSPS) is 19.2. The Balaban J connectivity index is 1.66. The lowest BCUT2D eigenvalue weighted by atomic mass is 9.87. The van der Waals surface area contributed by atoms with Crippen LogP contribution in [-0.2, 0) is 5.92 Å². The number of carbonyl (C=O) groups excluding carboxylic acids is 1. The highest BCUT2D eigenvalue weighted by Gasteiger charge is 2.27. The molecule has 0 radical (unpaired) electrons. The lowest BCUT2D eigenvalue weighted by Crippen LogP contribution is -2.18. The van der Waals surface area contributed by atoms with Gasteiger partial charge in [0.25, 0.3) is 11.8 Å². The van der Waals surface area contributed by atoms with E-state index >= 15 is 0 Å². The van der Waals surface area contributed by atoms with E-state index in [0.29, 0.717) is 17.5 Å². The van der Waals surface area contributed by atoms with E-state index in [1.165, 1.54) is 38.2 Å². The van der Waals surface area contributed by atoms with Crippen LogP contribution in [0.5, 0.6) is 5.75 Å². The van der Waals surface area contributed by atoms with E-state index in [-0.39, 0.29) is 5.69 Å². The van der Waals surface area contributed by atoms with Gasteiger partial charge in [-0.15, -0.1) is 0 Å². The fraction of sp³-hybridized carbons (Fsp3) is 0.458. The van der Waals surface area contributed by atoms with Crippen molar-refractivity contribution in [2.45, 2.75) is 58.4 Å². The number of alkyl halides is 2. The van der Waals surface area contributed by atoms with Crippen LogP contribution in [0.2, 0.25) is 0 Å². The Kier molecular flexibility index (Phi) is 5.88. The fourth-order valence-corrected chi connectivity index (χ4v) is 4.38. The molecule has 32 heavy (non-hydrogen) atoms. The SMILES string of the molecule is COc1c(NC(=O)c2cccc(C(C)(F)F)n2)cc2cn([C@H]3CC[C@H](C)CC3)nc2c1C. The Bertz CT molecular complexity index is 1140. The second kappa shape index (κ2) is 8.48. The van der Waals surface area contributed by atoms with Gasteiger partial charge >= 0.3 is 0 Å². The first-order chi connectivity index (χ1) is 15.2. The van der Waals surface area contributed by atoms with Gasteiger partial charge in [0.05, 0.1) is 24.4 Å². The number of nitrogens with zero attached hydrogens (tertiary/aromatic N) is 3. The number of rotatable bonds is 5. The molecule has 3 aromatic rings. The summed E-state index contributed by atoms with van der Waals surface area (Å²) in [6.07, 6.45) is 6.58. The van der Waals surface area contributed by atoms with Crippen molar-refractivity contribution in [3.05, 3.63) is 47.4 Å². The van der Waals surface area contributed by atoms with Crippen molar-refractivity contribution in [3.8, 4) is 5.75 Å². The van der Waals surface area contributed by atoms with E-state index < -0.39 is 17.5 Å². The summed E-state index contributed by atoms with van der Waals surface area (Å²) in [6, 6.07) is 6.19. The van der Waals surface area contributed by atoms with E-state index in [1.807, 2.05) is 23.9 Å². The number of nitrogens with one attached hydrogen (secondary N) is 1. The summed E-state index contributed by atoms with van der Waals surface area (Å²) in [4.78, 5) is 16.6. The number of pyridine rings is 1. The monoisotopic (exact) mass is 442 g/mol. The molecule has 0 unspecified atom stereocenters. The van der Waals surface area contributed by atoms with E-state index in [4.69, 9.17) is 9.84 Å². The highest BCUT2D eigenvalue weighted by molar-refractivity contribution is 6.05. The summed E-state index contributed by atoms with van der Waals surface area (Å²) in [5, 5.41) is 8.48. The van der Waals surface area contributed by atoms with Gasteiger partial charge in [0.1, 0.15) is 17.1 Å². The van der Waals surface area contributed by atoms with Crippen molar-refractivity contribution in [3.63, 3.8) is 0 Å². The number of ether oxygens (including phenoxy) is 1. The number of amides is 1. The number of methoxy groups -OCH3 is 1. The minimum Gasteiger partial charge on any atom is -0.494 e. The third-order valence-electron chi connectivity index (χ3n) is 6.24. The number of hydrogen-bond donors (Lipinski definition) is 1. The van der Waals surface area contributed by atoms with Gasteiger partial charge in [-0.2, -0.15) is 13.9 Å². The topological polar surface area (TPSA) is 69.0 Å². The molecule has 0 aliphatic heterocycles. The molecule has 170 valence electrons. The third kappa shape index (κ3) is 4.31. The molecule has 8 heteroatoms. The molecule has 2 aromatic heterocycles. The van der Waals surface area contributed by atoms with Gasteiger partial charge in [-0.25, -0.2) is 4.98 Å². The lowest BCUT2D eigenvalue weighted by Gasteiger charge is -2.26. The van der Waals surface area contributed by atoms with E-state index in [1.54, 1.807) is 0 Å². The van der Waals surface area contributed by atoms with Crippen LogP contribution in [0, 0.1) is 12.8 Å². The van der Waals surface area contributed by atoms with Gasteiger partial charge in [-0.1, -0.05) is 13.0 Å². The zero-order chi connectivity index (χ0) is 23.0. The van der Waals surface area contributed by atoms with Crippen molar-refractivity contribution in [2.24, 2.45) is 5.92 Å². The summed E-state index contributed by atoms with van der Waals surface area (Å²) in [5.74, 6) is -2.47. The van der Waals surface area contributed by atoms with Gasteiger partial charge in [0.15, 0.2) is 0 Å². The summed E-state index contributed by atoms with van der Waals surface area (Å²) >= 11 is 0. The van der Waals surface area contributed by atoms with Crippen molar-refractivity contribution < 1.29 is 18.3 Å². The fourth-order valence-electron chi connectivity index (χ4n) is 4.38. The number of fused-ring (bicyclic) bond motifs is 1. The molecule has 1 aliphatic carbocycles. The first-order valence-corrected chi connectivity index (χ1v) is 10.9. The molecule has 1 amide bonds. The van der Waals surface area contributed by atoms with E-state index in [9.17, 15) is 13.6 Å². The molecule has 1 fully saturated rings. The Labute approximate surface area is 186 Å². The Morgan fingerprint density at radius 3 is 2.62 bits per heavy atom. The average Bonchev–Trinajstić information content (AvgIpc) is 3.18. The molecular weight excluding hydrogens is 414 g/mol. The van der Waals surface area contributed by atoms with Crippen LogP contribution >= 0.6 is 0 Å². The summed E-state index contributed by atoms with van der Waals surface area (Å²) in [6.45, 7) is 4.93. The zero-order valence-electron chi connectivity index (χ0n) is 18.8. The third-order valence-corrected chi connectivity index (χ3v) is 6.24. The number of aryl methyl sites for hydroxylation is 1. The number of benzene rings is 1. The lowest BCUT2D eigenvalue weighted by molar-refractivity contribution is 0.0126. The van der Waals surface area contributed by atoms with Crippen LogP contribution in [0.15, 0.2) is 30.5 Å². The van der Waals surface area contributed by atoms with Gasteiger partial charge in [-0.05, 0) is 56.7 Å². The van der Waals surface area contributed by atoms with Gasteiger partial charge < -0.3 is 10.1 Å². The van der Waals surface area contributed by atoms with Crippen LogP contribution in [0.3, 0.4) is 0 Å². The molecule has 0 bridgehead atoms. The quantitative estimate of drug-likeness (QED) is 0.537. The molecule has 6 nitrogen and oxygen atoms in total. The largest absolute Gasteiger partial charge is 0.494 e. The van der Waals surface area contributed by atoms with Crippen LogP contribution in [0.4, 0.5) is 14.5 Å². The maximum Gasteiger partial charge on any atom is 0.287 e. The van der Waals surface area contributed by atoms with Crippen LogP contribution in [0.25, 0.3) is 10.9 Å². The highest BCUT2D eigenvalue weighted by Crippen LogP contribution is 2.37. The zero-order valence-corrected chi connectivity index (χ0v) is 18.8. The first kappa shape index (κ1) is 22.2. The molecule has 4 rings (SSSR count). The molecule has 0 saturated heterocycles. The van der Waals surface area contributed by atoms with E-state index in [0.717, 1.165) is 42.1 Å². The molecule has 0 atom stereocenters. The summed E-state index contributed by atoms with van der Waals surface area (Å²) in [7, 11) is 1.53. The molecule has 1 saturated carbocycles. The van der Waals surface area contributed by atoms with Crippen molar-refractivity contribution >= 4 is 22.5 Å². The highest BCUT2D eigenvalue weighted by atomic mass is 19.3.